The highest BCUT2D eigenvalue weighted by atomic mass is 16.2. The summed E-state index contributed by atoms with van der Waals surface area (Å²) in [5, 5.41) is 8.84. The van der Waals surface area contributed by atoms with Crippen molar-refractivity contribution in [1.29, 1.82) is 0 Å². The molecular formula is C21H28N4O2. The zero-order valence-corrected chi connectivity index (χ0v) is 16.2. The summed E-state index contributed by atoms with van der Waals surface area (Å²) in [7, 11) is 0. The van der Waals surface area contributed by atoms with E-state index in [1.54, 1.807) is 0 Å². The molecule has 2 amide bonds. The smallest absolute Gasteiger partial charge is 0.226 e. The van der Waals surface area contributed by atoms with Crippen LogP contribution in [0.25, 0.3) is 0 Å². The number of rotatable bonds is 9. The molecule has 0 aliphatic rings. The Hall–Kier alpha value is -3.02. The maximum Gasteiger partial charge on any atom is 0.226 e. The average molecular weight is 368 g/mol. The van der Waals surface area contributed by atoms with Gasteiger partial charge in [-0.15, -0.1) is 0 Å². The molecule has 0 atom stereocenters. The number of carbonyl (C=O) groups excluding carboxylic acids is 2. The van der Waals surface area contributed by atoms with Gasteiger partial charge in [-0.25, -0.2) is 0 Å². The van der Waals surface area contributed by atoms with Crippen molar-refractivity contribution < 1.29 is 9.59 Å². The summed E-state index contributed by atoms with van der Waals surface area (Å²) in [5.74, 6) is -0.134. The number of carbonyl (C=O) groups is 2. The van der Waals surface area contributed by atoms with Gasteiger partial charge in [-0.1, -0.05) is 0 Å². The first-order valence-electron chi connectivity index (χ1n) is 9.28. The summed E-state index contributed by atoms with van der Waals surface area (Å²) in [6.07, 6.45) is 0.366. The topological polar surface area (TPSA) is 73.5 Å². The van der Waals surface area contributed by atoms with Gasteiger partial charge >= 0.3 is 0 Å². The second kappa shape index (κ2) is 10.2. The van der Waals surface area contributed by atoms with Gasteiger partial charge in [-0.05, 0) is 62.4 Å². The highest BCUT2D eigenvalue weighted by molar-refractivity contribution is 5.91. The Bertz CT molecular complexity index is 738. The summed E-state index contributed by atoms with van der Waals surface area (Å²) in [5.41, 5.74) is 3.61. The highest BCUT2D eigenvalue weighted by Gasteiger charge is 2.05. The van der Waals surface area contributed by atoms with Crippen LogP contribution in [0.2, 0.25) is 0 Å². The fourth-order valence-corrected chi connectivity index (χ4v) is 2.76. The fraction of sp³-hybridized carbons (Fsp3) is 0.333. The Morgan fingerprint density at radius 1 is 0.815 bits per heavy atom. The summed E-state index contributed by atoms with van der Waals surface area (Å²) >= 11 is 0. The molecule has 0 fully saturated rings. The molecule has 0 aliphatic carbocycles. The van der Waals surface area contributed by atoms with Crippen molar-refractivity contribution in [2.24, 2.45) is 0 Å². The Balaban J connectivity index is 1.76. The molecule has 27 heavy (non-hydrogen) atoms. The predicted molar refractivity (Wildman–Crippen MR) is 112 cm³/mol. The number of hydrogen-bond donors (Lipinski definition) is 3. The van der Waals surface area contributed by atoms with Crippen LogP contribution in [-0.2, 0) is 9.59 Å². The van der Waals surface area contributed by atoms with Crippen LogP contribution in [0, 0.1) is 0 Å². The van der Waals surface area contributed by atoms with E-state index in [9.17, 15) is 9.59 Å². The summed E-state index contributed by atoms with van der Waals surface area (Å²) in [4.78, 5) is 25.4. The van der Waals surface area contributed by atoms with Crippen molar-refractivity contribution in [2.75, 3.05) is 40.5 Å². The predicted octanol–water partition coefficient (Wildman–Crippen LogP) is 3.93. The third-order valence-electron chi connectivity index (χ3n) is 4.17. The molecule has 144 valence electrons. The van der Waals surface area contributed by atoms with E-state index in [1.165, 1.54) is 6.92 Å². The van der Waals surface area contributed by atoms with Crippen LogP contribution in [0.1, 0.15) is 27.2 Å². The van der Waals surface area contributed by atoms with Gasteiger partial charge in [-0.3, -0.25) is 9.59 Å². The van der Waals surface area contributed by atoms with E-state index in [0.29, 0.717) is 13.0 Å². The van der Waals surface area contributed by atoms with Gasteiger partial charge in [0.2, 0.25) is 11.8 Å². The molecule has 6 nitrogen and oxygen atoms in total. The molecule has 2 rings (SSSR count). The van der Waals surface area contributed by atoms with E-state index < -0.39 is 0 Å². The Kier molecular flexibility index (Phi) is 7.67. The number of nitrogens with zero attached hydrogens (tertiary/aromatic N) is 1. The second-order valence-corrected chi connectivity index (χ2v) is 6.20. The van der Waals surface area contributed by atoms with Crippen molar-refractivity contribution in [3.8, 4) is 0 Å². The summed E-state index contributed by atoms with van der Waals surface area (Å²) in [6, 6.07) is 15.3. The molecule has 2 aromatic carbocycles. The number of hydrogen-bond acceptors (Lipinski definition) is 4. The van der Waals surface area contributed by atoms with Crippen molar-refractivity contribution in [3.63, 3.8) is 0 Å². The van der Waals surface area contributed by atoms with E-state index in [2.05, 4.69) is 34.7 Å². The lowest BCUT2D eigenvalue weighted by atomic mass is 10.2. The summed E-state index contributed by atoms with van der Waals surface area (Å²) in [6.45, 7) is 8.17. The van der Waals surface area contributed by atoms with Crippen LogP contribution in [0.3, 0.4) is 0 Å². The molecule has 0 saturated heterocycles. The number of nitrogens with one attached hydrogen (secondary N) is 3. The maximum absolute atomic E-state index is 12.1. The van der Waals surface area contributed by atoms with Gasteiger partial charge in [0, 0.05) is 55.7 Å². The Morgan fingerprint density at radius 3 is 1.89 bits per heavy atom. The lowest BCUT2D eigenvalue weighted by molar-refractivity contribution is -0.116. The third kappa shape index (κ3) is 6.66. The van der Waals surface area contributed by atoms with Crippen molar-refractivity contribution in [3.05, 3.63) is 48.5 Å². The fourth-order valence-electron chi connectivity index (χ4n) is 2.76. The molecule has 0 saturated carbocycles. The monoisotopic (exact) mass is 368 g/mol. The van der Waals surface area contributed by atoms with Gasteiger partial charge in [0.05, 0.1) is 0 Å². The quantitative estimate of drug-likeness (QED) is 0.627. The van der Waals surface area contributed by atoms with Crippen molar-refractivity contribution in [1.82, 2.24) is 0 Å². The number of benzene rings is 2. The maximum atomic E-state index is 12.1. The van der Waals surface area contributed by atoms with E-state index >= 15 is 0 Å². The number of anilines is 4. The van der Waals surface area contributed by atoms with E-state index in [1.807, 2.05) is 48.5 Å². The molecule has 0 spiro atoms. The minimum Gasteiger partial charge on any atom is -0.385 e. The Morgan fingerprint density at radius 2 is 1.33 bits per heavy atom. The first kappa shape index (κ1) is 20.3. The summed E-state index contributed by atoms with van der Waals surface area (Å²) < 4.78 is 0. The van der Waals surface area contributed by atoms with E-state index in [0.717, 1.165) is 35.8 Å². The molecule has 0 bridgehead atoms. The standard InChI is InChI=1S/C21H28N4O2/c1-4-25(5-2)20-12-10-19(11-13-20)24-21(27)14-15-22-17-6-8-18(9-7-17)23-16(3)26/h6-13,22H,4-5,14-15H2,1-3H3,(H,23,26)(H,24,27). The largest absolute Gasteiger partial charge is 0.385 e. The van der Waals surface area contributed by atoms with E-state index in [4.69, 9.17) is 0 Å². The van der Waals surface area contributed by atoms with Crippen LogP contribution in [0.15, 0.2) is 48.5 Å². The van der Waals surface area contributed by atoms with E-state index in [-0.39, 0.29) is 11.8 Å². The van der Waals surface area contributed by atoms with Crippen molar-refractivity contribution >= 4 is 34.6 Å². The van der Waals surface area contributed by atoms with Crippen LogP contribution in [0.5, 0.6) is 0 Å². The molecule has 6 heteroatoms. The molecule has 2 aromatic rings. The number of amides is 2. The third-order valence-corrected chi connectivity index (χ3v) is 4.17. The molecule has 0 aromatic heterocycles. The normalized spacial score (nSPS) is 10.2. The van der Waals surface area contributed by atoms with Gasteiger partial charge in [0.15, 0.2) is 0 Å². The first-order valence-corrected chi connectivity index (χ1v) is 9.28. The van der Waals surface area contributed by atoms with Crippen LogP contribution < -0.4 is 20.9 Å². The van der Waals surface area contributed by atoms with Gasteiger partial charge < -0.3 is 20.9 Å². The van der Waals surface area contributed by atoms with Crippen LogP contribution >= 0.6 is 0 Å². The zero-order valence-electron chi connectivity index (χ0n) is 16.2. The molecule has 0 unspecified atom stereocenters. The molecule has 0 aliphatic heterocycles. The van der Waals surface area contributed by atoms with Gasteiger partial charge in [0.25, 0.3) is 0 Å². The molecule has 0 heterocycles. The Labute approximate surface area is 161 Å². The van der Waals surface area contributed by atoms with Gasteiger partial charge in [0.1, 0.15) is 0 Å². The average Bonchev–Trinajstić information content (AvgIpc) is 2.65. The van der Waals surface area contributed by atoms with Crippen LogP contribution in [0.4, 0.5) is 22.7 Å². The molecular weight excluding hydrogens is 340 g/mol. The van der Waals surface area contributed by atoms with Crippen molar-refractivity contribution in [2.45, 2.75) is 27.2 Å². The van der Waals surface area contributed by atoms with Crippen LogP contribution in [-0.4, -0.2) is 31.4 Å². The molecule has 3 N–H and O–H groups in total. The lowest BCUT2D eigenvalue weighted by Crippen LogP contribution is -2.21. The second-order valence-electron chi connectivity index (χ2n) is 6.20. The molecule has 0 radical (unpaired) electrons. The van der Waals surface area contributed by atoms with Gasteiger partial charge in [-0.2, -0.15) is 0 Å². The minimum atomic E-state index is -0.0995. The minimum absolute atomic E-state index is 0.0343. The zero-order chi connectivity index (χ0) is 19.6. The first-order chi connectivity index (χ1) is 13.0. The highest BCUT2D eigenvalue weighted by Crippen LogP contribution is 2.18. The lowest BCUT2D eigenvalue weighted by Gasteiger charge is -2.21. The SMILES string of the molecule is CCN(CC)c1ccc(NC(=O)CCNc2ccc(NC(C)=O)cc2)cc1.